The molecule has 0 bridgehead atoms. The van der Waals surface area contributed by atoms with Gasteiger partial charge >= 0.3 is 11.8 Å². The number of likely N-dealkylation sites (tertiary alicyclic amines) is 1. The van der Waals surface area contributed by atoms with Gasteiger partial charge in [0, 0.05) is 39.8 Å². The topological polar surface area (TPSA) is 121 Å². The molecule has 1 unspecified atom stereocenters. The molecule has 4 rings (SSSR count). The van der Waals surface area contributed by atoms with Crippen molar-refractivity contribution in [3.63, 3.8) is 0 Å². The molecule has 11 nitrogen and oxygen atoms in total. The number of hydrogen-bond acceptors (Lipinski definition) is 7. The predicted molar refractivity (Wildman–Crippen MR) is 154 cm³/mol. The third-order valence-corrected chi connectivity index (χ3v) is 7.74. The lowest BCUT2D eigenvalue weighted by atomic mass is 9.94. The lowest BCUT2D eigenvalue weighted by Crippen LogP contribution is -2.44. The van der Waals surface area contributed by atoms with Crippen molar-refractivity contribution in [1.82, 2.24) is 19.4 Å². The Morgan fingerprint density at radius 3 is 2.37 bits per heavy atom. The summed E-state index contributed by atoms with van der Waals surface area (Å²) in [5.41, 5.74) is 1.82. The quantitative estimate of drug-likeness (QED) is 0.324. The van der Waals surface area contributed by atoms with Crippen molar-refractivity contribution in [1.29, 1.82) is 0 Å². The van der Waals surface area contributed by atoms with Crippen molar-refractivity contribution >= 4 is 28.9 Å². The number of aromatic nitrogens is 2. The van der Waals surface area contributed by atoms with Gasteiger partial charge in [-0.15, -0.1) is 0 Å². The van der Waals surface area contributed by atoms with E-state index in [9.17, 15) is 19.2 Å². The summed E-state index contributed by atoms with van der Waals surface area (Å²) < 4.78 is 20.0. The molecule has 0 radical (unpaired) electrons. The van der Waals surface area contributed by atoms with Crippen LogP contribution in [0.4, 0.5) is 4.79 Å². The molecule has 2 saturated heterocycles. The first-order valence-electron chi connectivity index (χ1n) is 14.7. The highest BCUT2D eigenvalue weighted by molar-refractivity contribution is 6.00. The Hall–Kier alpha value is -3.18. The number of benzene rings is 1. The van der Waals surface area contributed by atoms with Gasteiger partial charge in [-0.3, -0.25) is 24.0 Å². The third kappa shape index (κ3) is 8.19. The number of aryl methyl sites for hydroxylation is 2. The number of hydrogen-bond donors (Lipinski definition) is 1. The Morgan fingerprint density at radius 2 is 1.68 bits per heavy atom. The lowest BCUT2D eigenvalue weighted by molar-refractivity contribution is -0.135. The highest BCUT2D eigenvalue weighted by Gasteiger charge is 2.31. The average molecular weight is 573 g/mol. The highest BCUT2D eigenvalue weighted by atomic mass is 16.6. The predicted octanol–water partition coefficient (Wildman–Crippen LogP) is 3.32. The SMILES string of the molecule is Cn1c(=O)n(C2CCC(=O)NC2=O)c2ccc(CCCOCCOCCC3CCN(C(=O)OC(C)(C)C)CC3)cc21. The van der Waals surface area contributed by atoms with E-state index >= 15 is 0 Å². The number of imide groups is 1. The molecule has 41 heavy (non-hydrogen) atoms. The molecule has 2 aromatic rings. The summed E-state index contributed by atoms with van der Waals surface area (Å²) in [4.78, 5) is 50.8. The Bertz CT molecular complexity index is 1280. The zero-order valence-electron chi connectivity index (χ0n) is 24.8. The van der Waals surface area contributed by atoms with Crippen molar-refractivity contribution in [2.24, 2.45) is 13.0 Å². The van der Waals surface area contributed by atoms with Crippen LogP contribution in [0, 0.1) is 5.92 Å². The van der Waals surface area contributed by atoms with Gasteiger partial charge < -0.3 is 19.1 Å². The number of amides is 3. The smallest absolute Gasteiger partial charge is 0.410 e. The number of piperidine rings is 2. The normalized spacial score (nSPS) is 18.6. The zero-order valence-corrected chi connectivity index (χ0v) is 24.8. The number of rotatable bonds is 11. The minimum Gasteiger partial charge on any atom is -0.444 e. The number of fused-ring (bicyclic) bond motifs is 1. The molecular formula is C30H44N4O7. The third-order valence-electron chi connectivity index (χ3n) is 7.74. The van der Waals surface area contributed by atoms with E-state index in [0.717, 1.165) is 56.3 Å². The Labute approximate surface area is 241 Å². The fourth-order valence-electron chi connectivity index (χ4n) is 5.48. The van der Waals surface area contributed by atoms with E-state index in [1.54, 1.807) is 16.5 Å². The van der Waals surface area contributed by atoms with Crippen molar-refractivity contribution in [2.75, 3.05) is 39.5 Å². The number of ether oxygens (including phenoxy) is 3. The average Bonchev–Trinajstić information content (AvgIpc) is 3.16. The molecule has 1 aromatic carbocycles. The molecule has 1 N–H and O–H groups in total. The molecule has 2 aliphatic rings. The van der Waals surface area contributed by atoms with Crippen LogP contribution in [-0.2, 0) is 37.3 Å². The molecule has 3 heterocycles. The zero-order chi connectivity index (χ0) is 29.6. The molecule has 11 heteroatoms. The molecule has 1 atom stereocenters. The maximum Gasteiger partial charge on any atom is 0.410 e. The highest BCUT2D eigenvalue weighted by Crippen LogP contribution is 2.24. The maximum atomic E-state index is 12.9. The summed E-state index contributed by atoms with van der Waals surface area (Å²) in [5.74, 6) is -0.168. The van der Waals surface area contributed by atoms with Gasteiger partial charge in [0.2, 0.25) is 11.8 Å². The van der Waals surface area contributed by atoms with Crippen LogP contribution in [0.3, 0.4) is 0 Å². The van der Waals surface area contributed by atoms with Crippen LogP contribution in [0.2, 0.25) is 0 Å². The monoisotopic (exact) mass is 572 g/mol. The maximum absolute atomic E-state index is 12.9. The Balaban J connectivity index is 1.11. The number of carbonyl (C=O) groups excluding carboxylic acids is 3. The van der Waals surface area contributed by atoms with Gasteiger partial charge in [-0.25, -0.2) is 9.59 Å². The fraction of sp³-hybridized carbons (Fsp3) is 0.667. The molecule has 2 fully saturated rings. The van der Waals surface area contributed by atoms with Crippen LogP contribution in [0.1, 0.15) is 70.9 Å². The van der Waals surface area contributed by atoms with Crippen molar-refractivity contribution in [3.8, 4) is 0 Å². The van der Waals surface area contributed by atoms with E-state index in [4.69, 9.17) is 14.2 Å². The Morgan fingerprint density at radius 1 is 0.976 bits per heavy atom. The van der Waals surface area contributed by atoms with E-state index in [1.807, 2.05) is 39.0 Å². The number of imidazole rings is 1. The van der Waals surface area contributed by atoms with Gasteiger partial charge in [-0.1, -0.05) is 6.07 Å². The van der Waals surface area contributed by atoms with E-state index in [1.165, 1.54) is 4.57 Å². The van der Waals surface area contributed by atoms with Crippen molar-refractivity contribution < 1.29 is 28.6 Å². The van der Waals surface area contributed by atoms with Gasteiger partial charge in [0.15, 0.2) is 0 Å². The molecule has 1 aromatic heterocycles. The number of nitrogens with zero attached hydrogens (tertiary/aromatic N) is 3. The standard InChI is InChI=1S/C30H44N4O7/c1-30(2,3)41-29(38)33-14-11-21(12-15-33)13-17-40-19-18-39-16-5-6-22-7-8-23-25(20-22)32(4)28(37)34(23)24-9-10-26(35)31-27(24)36/h7-8,20-21,24H,5-6,9-19H2,1-4H3,(H,31,35,36). The summed E-state index contributed by atoms with van der Waals surface area (Å²) in [5, 5.41) is 2.34. The van der Waals surface area contributed by atoms with Crippen molar-refractivity contribution in [3.05, 3.63) is 34.2 Å². The summed E-state index contributed by atoms with van der Waals surface area (Å²) in [6, 6.07) is 5.17. The molecule has 3 amide bonds. The second-order valence-corrected chi connectivity index (χ2v) is 12.0. The summed E-state index contributed by atoms with van der Waals surface area (Å²) in [6.07, 6.45) is 4.89. The molecular weight excluding hydrogens is 528 g/mol. The Kier molecular flexibility index (Phi) is 10.2. The summed E-state index contributed by atoms with van der Waals surface area (Å²) in [7, 11) is 1.70. The molecule has 2 aliphatic heterocycles. The van der Waals surface area contributed by atoms with Gasteiger partial charge in [-0.2, -0.15) is 0 Å². The van der Waals surface area contributed by atoms with Gasteiger partial charge in [0.05, 0.1) is 24.2 Å². The molecule has 0 saturated carbocycles. The first-order chi connectivity index (χ1) is 19.5. The van der Waals surface area contributed by atoms with E-state index in [0.29, 0.717) is 44.3 Å². The summed E-state index contributed by atoms with van der Waals surface area (Å²) >= 11 is 0. The second-order valence-electron chi connectivity index (χ2n) is 12.0. The fourth-order valence-corrected chi connectivity index (χ4v) is 5.48. The largest absolute Gasteiger partial charge is 0.444 e. The van der Waals surface area contributed by atoms with Crippen LogP contribution in [-0.4, -0.2) is 77.1 Å². The second kappa shape index (κ2) is 13.7. The molecule has 0 aliphatic carbocycles. The van der Waals surface area contributed by atoms with Crippen LogP contribution >= 0.6 is 0 Å². The number of nitrogens with one attached hydrogen (secondary N) is 1. The van der Waals surface area contributed by atoms with E-state index in [-0.39, 0.29) is 24.1 Å². The van der Waals surface area contributed by atoms with Crippen molar-refractivity contribution in [2.45, 2.75) is 77.4 Å². The minimum absolute atomic E-state index is 0.221. The van der Waals surface area contributed by atoms with E-state index in [2.05, 4.69) is 5.32 Å². The van der Waals surface area contributed by atoms with Gasteiger partial charge in [-0.05, 0) is 82.9 Å². The van der Waals surface area contributed by atoms with Crippen LogP contribution < -0.4 is 11.0 Å². The van der Waals surface area contributed by atoms with Crippen LogP contribution in [0.5, 0.6) is 0 Å². The first-order valence-corrected chi connectivity index (χ1v) is 14.7. The minimum atomic E-state index is -0.678. The molecule has 226 valence electrons. The van der Waals surface area contributed by atoms with Gasteiger partial charge in [0.1, 0.15) is 11.6 Å². The van der Waals surface area contributed by atoms with E-state index < -0.39 is 17.6 Å². The van der Waals surface area contributed by atoms with Crippen LogP contribution in [0.15, 0.2) is 23.0 Å². The lowest BCUT2D eigenvalue weighted by Gasteiger charge is -2.33. The number of carbonyl (C=O) groups is 3. The molecule has 0 spiro atoms. The first kappa shape index (κ1) is 30.8. The summed E-state index contributed by atoms with van der Waals surface area (Å²) in [6.45, 7) is 9.52. The van der Waals surface area contributed by atoms with Crippen LogP contribution in [0.25, 0.3) is 11.0 Å². The van der Waals surface area contributed by atoms with Gasteiger partial charge in [0.25, 0.3) is 0 Å².